The van der Waals surface area contributed by atoms with Crippen molar-refractivity contribution in [2.75, 3.05) is 32.8 Å². The van der Waals surface area contributed by atoms with Gasteiger partial charge in [0.2, 0.25) is 5.91 Å². The molecule has 22 heavy (non-hydrogen) atoms. The summed E-state index contributed by atoms with van der Waals surface area (Å²) in [6, 6.07) is 8.09. The van der Waals surface area contributed by atoms with E-state index >= 15 is 0 Å². The van der Waals surface area contributed by atoms with Crippen molar-refractivity contribution < 1.29 is 9.53 Å². The van der Waals surface area contributed by atoms with Gasteiger partial charge in [0, 0.05) is 43.9 Å². The molecule has 0 saturated carbocycles. The van der Waals surface area contributed by atoms with E-state index < -0.39 is 5.41 Å². The Morgan fingerprint density at radius 2 is 2.09 bits per heavy atom. The number of rotatable bonds is 2. The first-order valence-corrected chi connectivity index (χ1v) is 8.37. The number of carbonyl (C=O) groups excluding carboxylic acids is 1. The number of halogens is 1. The molecule has 2 fully saturated rings. The molecule has 0 bridgehead atoms. The van der Waals surface area contributed by atoms with Crippen LogP contribution < -0.4 is 5.32 Å². The molecule has 0 unspecified atom stereocenters. The van der Waals surface area contributed by atoms with Gasteiger partial charge in [-0.15, -0.1) is 0 Å². The first kappa shape index (κ1) is 15.8. The number of piperazine rings is 1. The van der Waals surface area contributed by atoms with Gasteiger partial charge in [0.25, 0.3) is 0 Å². The Morgan fingerprint density at radius 3 is 2.77 bits per heavy atom. The predicted molar refractivity (Wildman–Crippen MR) is 87.2 cm³/mol. The smallest absolute Gasteiger partial charge is 0.233 e. The Balaban J connectivity index is 1.95. The van der Waals surface area contributed by atoms with Crippen LogP contribution in [0.5, 0.6) is 0 Å². The van der Waals surface area contributed by atoms with Crippen LogP contribution in [0.2, 0.25) is 5.02 Å². The van der Waals surface area contributed by atoms with Gasteiger partial charge in [-0.05, 0) is 31.4 Å². The fourth-order valence-electron chi connectivity index (χ4n) is 3.59. The van der Waals surface area contributed by atoms with Crippen molar-refractivity contribution in [1.82, 2.24) is 10.2 Å². The molecule has 5 heteroatoms. The molecule has 0 aromatic heterocycles. The molecule has 1 amide bonds. The number of nitrogens with zero attached hydrogens (tertiary/aromatic N) is 1. The van der Waals surface area contributed by atoms with Gasteiger partial charge >= 0.3 is 0 Å². The summed E-state index contributed by atoms with van der Waals surface area (Å²) in [6.45, 7) is 5.70. The summed E-state index contributed by atoms with van der Waals surface area (Å²) in [7, 11) is 0. The number of benzene rings is 1. The molecule has 1 atom stereocenters. The predicted octanol–water partition coefficient (Wildman–Crippen LogP) is 2.21. The minimum atomic E-state index is -0.534. The largest absolute Gasteiger partial charge is 0.381 e. The van der Waals surface area contributed by atoms with Crippen molar-refractivity contribution >= 4 is 17.5 Å². The molecule has 2 saturated heterocycles. The molecule has 2 heterocycles. The monoisotopic (exact) mass is 322 g/mol. The molecule has 1 aromatic carbocycles. The van der Waals surface area contributed by atoms with E-state index in [1.165, 1.54) is 0 Å². The van der Waals surface area contributed by atoms with E-state index in [4.69, 9.17) is 16.3 Å². The Hall–Kier alpha value is -1.10. The van der Waals surface area contributed by atoms with Crippen LogP contribution in [0.15, 0.2) is 24.3 Å². The molecule has 1 aromatic rings. The van der Waals surface area contributed by atoms with E-state index in [2.05, 4.69) is 12.2 Å². The maximum Gasteiger partial charge on any atom is 0.233 e. The third kappa shape index (κ3) is 2.87. The molecule has 4 nitrogen and oxygen atoms in total. The zero-order chi connectivity index (χ0) is 15.6. The maximum atomic E-state index is 13.4. The van der Waals surface area contributed by atoms with Crippen molar-refractivity contribution in [1.29, 1.82) is 0 Å². The van der Waals surface area contributed by atoms with E-state index in [-0.39, 0.29) is 5.91 Å². The van der Waals surface area contributed by atoms with E-state index in [1.54, 1.807) is 0 Å². The molecule has 0 aliphatic carbocycles. The SMILES string of the molecule is C[C@@H]1CN(C(=O)C2(c3ccccc3Cl)CCOCC2)CCN1. The Kier molecular flexibility index (Phi) is 4.71. The van der Waals surface area contributed by atoms with Crippen molar-refractivity contribution in [3.8, 4) is 0 Å². The van der Waals surface area contributed by atoms with E-state index in [1.807, 2.05) is 29.2 Å². The Bertz CT molecular complexity index is 543. The molecule has 3 rings (SSSR count). The van der Waals surface area contributed by atoms with Gasteiger partial charge < -0.3 is 15.0 Å². The maximum absolute atomic E-state index is 13.4. The molecular weight excluding hydrogens is 300 g/mol. The van der Waals surface area contributed by atoms with Gasteiger partial charge in [-0.1, -0.05) is 29.8 Å². The lowest BCUT2D eigenvalue weighted by atomic mass is 9.72. The molecule has 2 aliphatic rings. The number of amides is 1. The van der Waals surface area contributed by atoms with Crippen LogP contribution in [-0.2, 0) is 14.9 Å². The van der Waals surface area contributed by atoms with Crippen molar-refractivity contribution in [2.24, 2.45) is 0 Å². The Labute approximate surface area is 136 Å². The molecule has 120 valence electrons. The van der Waals surface area contributed by atoms with Gasteiger partial charge in [0.05, 0.1) is 5.41 Å². The molecule has 0 spiro atoms. The van der Waals surface area contributed by atoms with Gasteiger partial charge in [-0.25, -0.2) is 0 Å². The third-order valence-electron chi connectivity index (χ3n) is 4.80. The topological polar surface area (TPSA) is 41.6 Å². The van der Waals surface area contributed by atoms with Crippen LogP contribution >= 0.6 is 11.6 Å². The zero-order valence-electron chi connectivity index (χ0n) is 13.0. The number of carbonyl (C=O) groups is 1. The summed E-state index contributed by atoms with van der Waals surface area (Å²) in [5, 5.41) is 4.07. The van der Waals surface area contributed by atoms with E-state index in [0.717, 1.165) is 25.2 Å². The van der Waals surface area contributed by atoms with Crippen LogP contribution in [0.3, 0.4) is 0 Å². The fourth-order valence-corrected chi connectivity index (χ4v) is 3.90. The first-order valence-electron chi connectivity index (χ1n) is 7.99. The normalized spacial score (nSPS) is 25.0. The zero-order valence-corrected chi connectivity index (χ0v) is 13.7. The summed E-state index contributed by atoms with van der Waals surface area (Å²) >= 11 is 6.43. The van der Waals surface area contributed by atoms with E-state index in [9.17, 15) is 4.79 Å². The highest BCUT2D eigenvalue weighted by atomic mass is 35.5. The summed E-state index contributed by atoms with van der Waals surface area (Å²) in [4.78, 5) is 15.4. The van der Waals surface area contributed by atoms with Crippen LogP contribution in [-0.4, -0.2) is 49.7 Å². The van der Waals surface area contributed by atoms with Gasteiger partial charge in [-0.3, -0.25) is 4.79 Å². The lowest BCUT2D eigenvalue weighted by Crippen LogP contribution is -2.57. The Morgan fingerprint density at radius 1 is 1.36 bits per heavy atom. The third-order valence-corrected chi connectivity index (χ3v) is 5.13. The van der Waals surface area contributed by atoms with Gasteiger partial charge in [0.15, 0.2) is 0 Å². The highest BCUT2D eigenvalue weighted by molar-refractivity contribution is 6.31. The van der Waals surface area contributed by atoms with Crippen molar-refractivity contribution in [3.63, 3.8) is 0 Å². The van der Waals surface area contributed by atoms with Crippen molar-refractivity contribution in [3.05, 3.63) is 34.9 Å². The lowest BCUT2D eigenvalue weighted by molar-refractivity contribution is -0.142. The lowest BCUT2D eigenvalue weighted by Gasteiger charge is -2.42. The van der Waals surface area contributed by atoms with Crippen molar-refractivity contribution in [2.45, 2.75) is 31.2 Å². The summed E-state index contributed by atoms with van der Waals surface area (Å²) in [5.74, 6) is 0.206. The van der Waals surface area contributed by atoms with Gasteiger partial charge in [0.1, 0.15) is 0 Å². The first-order chi connectivity index (χ1) is 10.6. The summed E-state index contributed by atoms with van der Waals surface area (Å²) in [6.07, 6.45) is 1.40. The second-order valence-electron chi connectivity index (χ2n) is 6.28. The van der Waals surface area contributed by atoms with Crippen LogP contribution in [0.1, 0.15) is 25.3 Å². The minimum absolute atomic E-state index is 0.206. The number of nitrogens with one attached hydrogen (secondary N) is 1. The average Bonchev–Trinajstić information content (AvgIpc) is 2.55. The van der Waals surface area contributed by atoms with Gasteiger partial charge in [-0.2, -0.15) is 0 Å². The second kappa shape index (κ2) is 6.57. The summed E-state index contributed by atoms with van der Waals surface area (Å²) < 4.78 is 5.52. The number of ether oxygens (including phenoxy) is 1. The molecule has 2 aliphatic heterocycles. The number of hydrogen-bond donors (Lipinski definition) is 1. The molecule has 1 N–H and O–H groups in total. The van der Waals surface area contributed by atoms with Crippen LogP contribution in [0.4, 0.5) is 0 Å². The van der Waals surface area contributed by atoms with Crippen LogP contribution in [0.25, 0.3) is 0 Å². The standard InChI is InChI=1S/C17H23ClN2O2/c1-13-12-20(9-8-19-13)16(21)17(6-10-22-11-7-17)14-4-2-3-5-15(14)18/h2-5,13,19H,6-12H2,1H3/t13-/m1/s1. The highest BCUT2D eigenvalue weighted by Gasteiger charge is 2.45. The fraction of sp³-hybridized carbons (Fsp3) is 0.588. The molecule has 0 radical (unpaired) electrons. The number of hydrogen-bond acceptors (Lipinski definition) is 3. The second-order valence-corrected chi connectivity index (χ2v) is 6.69. The summed E-state index contributed by atoms with van der Waals surface area (Å²) in [5.41, 5.74) is 0.421. The highest BCUT2D eigenvalue weighted by Crippen LogP contribution is 2.40. The average molecular weight is 323 g/mol. The van der Waals surface area contributed by atoms with E-state index in [0.29, 0.717) is 37.1 Å². The van der Waals surface area contributed by atoms with Crippen LogP contribution in [0, 0.1) is 0 Å². The molecular formula is C17H23ClN2O2. The minimum Gasteiger partial charge on any atom is -0.381 e. The quantitative estimate of drug-likeness (QED) is 0.907.